The predicted molar refractivity (Wildman–Crippen MR) is 100 cm³/mol. The number of carbonyl (C=O) groups is 2. The topological polar surface area (TPSA) is 84.3 Å². The van der Waals surface area contributed by atoms with E-state index in [0.717, 1.165) is 4.90 Å². The molecule has 3 rings (SSSR count). The van der Waals surface area contributed by atoms with Gasteiger partial charge in [0.05, 0.1) is 11.0 Å². The van der Waals surface area contributed by atoms with Crippen molar-refractivity contribution in [1.29, 1.82) is 0 Å². The summed E-state index contributed by atoms with van der Waals surface area (Å²) in [5.74, 6) is -1.41. The molecular weight excluding hydrogens is 351 g/mol. The molecule has 2 aromatic carbocycles. The average Bonchev–Trinajstić information content (AvgIpc) is 2.63. The molecule has 0 bridgehead atoms. The van der Waals surface area contributed by atoms with Gasteiger partial charge >= 0.3 is 0 Å². The second-order valence-corrected chi connectivity index (χ2v) is 5.95. The summed E-state index contributed by atoms with van der Waals surface area (Å²) in [7, 11) is 1.44. The Bertz CT molecular complexity index is 1090. The lowest BCUT2D eigenvalue weighted by Crippen LogP contribution is -2.36. The third-order valence-electron chi connectivity index (χ3n) is 4.04. The second kappa shape index (κ2) is 7.36. The molecule has 0 radical (unpaired) electrons. The van der Waals surface area contributed by atoms with Crippen molar-refractivity contribution in [3.8, 4) is 0 Å². The van der Waals surface area contributed by atoms with Crippen LogP contribution in [0.4, 0.5) is 15.9 Å². The van der Waals surface area contributed by atoms with Gasteiger partial charge in [0, 0.05) is 19.7 Å². The van der Waals surface area contributed by atoms with E-state index in [0.29, 0.717) is 11.0 Å². The summed E-state index contributed by atoms with van der Waals surface area (Å²) >= 11 is 0. The van der Waals surface area contributed by atoms with Crippen molar-refractivity contribution in [3.05, 3.63) is 64.7 Å². The Labute approximate surface area is 154 Å². The highest BCUT2D eigenvalue weighted by atomic mass is 19.1. The van der Waals surface area contributed by atoms with E-state index in [1.165, 1.54) is 36.7 Å². The number of hydrogen-bond acceptors (Lipinski definition) is 4. The molecule has 0 aliphatic heterocycles. The number of aromatic nitrogens is 2. The predicted octanol–water partition coefficient (Wildman–Crippen LogP) is 2.16. The molecule has 27 heavy (non-hydrogen) atoms. The van der Waals surface area contributed by atoms with Gasteiger partial charge < -0.3 is 5.32 Å². The summed E-state index contributed by atoms with van der Waals surface area (Å²) in [6.45, 7) is 1.01. The number of nitrogens with one attached hydrogen (secondary N) is 1. The molecule has 0 fully saturated rings. The minimum absolute atomic E-state index is 0.0697. The molecule has 0 saturated heterocycles. The number of anilines is 2. The van der Waals surface area contributed by atoms with Crippen LogP contribution in [-0.2, 0) is 16.1 Å². The maximum Gasteiger partial charge on any atom is 0.294 e. The Hall–Kier alpha value is -3.55. The smallest absolute Gasteiger partial charge is 0.294 e. The minimum atomic E-state index is -0.569. The zero-order chi connectivity index (χ0) is 19.6. The van der Waals surface area contributed by atoms with E-state index in [1.54, 1.807) is 30.3 Å². The molecule has 2 amide bonds. The van der Waals surface area contributed by atoms with Crippen molar-refractivity contribution in [2.45, 2.75) is 13.5 Å². The van der Waals surface area contributed by atoms with Gasteiger partial charge in [0.2, 0.25) is 17.6 Å². The van der Waals surface area contributed by atoms with Crippen molar-refractivity contribution in [2.75, 3.05) is 17.3 Å². The van der Waals surface area contributed by atoms with Crippen LogP contribution in [0, 0.1) is 5.82 Å². The van der Waals surface area contributed by atoms with Crippen LogP contribution in [0.25, 0.3) is 11.0 Å². The molecule has 0 saturated carbocycles. The maximum absolute atomic E-state index is 13.3. The molecule has 8 heteroatoms. The Morgan fingerprint density at radius 2 is 1.93 bits per heavy atom. The number of hydrogen-bond donors (Lipinski definition) is 1. The Morgan fingerprint density at radius 1 is 1.19 bits per heavy atom. The normalized spacial score (nSPS) is 10.6. The highest BCUT2D eigenvalue weighted by Gasteiger charge is 2.18. The first-order valence-electron chi connectivity index (χ1n) is 8.16. The van der Waals surface area contributed by atoms with E-state index in [9.17, 15) is 18.8 Å². The number of halogens is 1. The lowest BCUT2D eigenvalue weighted by atomic mass is 10.2. The van der Waals surface area contributed by atoms with E-state index < -0.39 is 17.3 Å². The number of para-hydroxylation sites is 2. The lowest BCUT2D eigenvalue weighted by molar-refractivity contribution is -0.117. The van der Waals surface area contributed by atoms with E-state index in [1.807, 2.05) is 0 Å². The van der Waals surface area contributed by atoms with Gasteiger partial charge in [-0.2, -0.15) is 0 Å². The molecule has 0 atom stereocenters. The third-order valence-corrected chi connectivity index (χ3v) is 4.04. The summed E-state index contributed by atoms with van der Waals surface area (Å²) < 4.78 is 14.5. The molecule has 0 aliphatic rings. The molecule has 138 valence electrons. The summed E-state index contributed by atoms with van der Waals surface area (Å²) in [6.07, 6.45) is 0. The Morgan fingerprint density at radius 3 is 2.63 bits per heavy atom. The monoisotopic (exact) mass is 368 g/mol. The lowest BCUT2D eigenvalue weighted by Gasteiger charge is -2.17. The van der Waals surface area contributed by atoms with E-state index in [4.69, 9.17) is 0 Å². The van der Waals surface area contributed by atoms with Crippen LogP contribution >= 0.6 is 0 Å². The number of carbonyl (C=O) groups excluding carboxylic acids is 2. The van der Waals surface area contributed by atoms with E-state index in [2.05, 4.69) is 10.3 Å². The van der Waals surface area contributed by atoms with Crippen molar-refractivity contribution in [1.82, 2.24) is 9.55 Å². The standard InChI is InChI=1S/C19H17FN4O3/c1-12(25)23(2)18-19(27)24(16-9-4-3-8-15(16)22-18)11-17(26)21-14-7-5-6-13(20)10-14/h3-10H,11H2,1-2H3,(H,21,26). The molecule has 0 aliphatic carbocycles. The van der Waals surface area contributed by atoms with Gasteiger partial charge in [-0.1, -0.05) is 18.2 Å². The van der Waals surface area contributed by atoms with Crippen molar-refractivity contribution in [2.24, 2.45) is 0 Å². The molecular formula is C19H17FN4O3. The van der Waals surface area contributed by atoms with Crippen LogP contribution in [0.2, 0.25) is 0 Å². The summed E-state index contributed by atoms with van der Waals surface area (Å²) in [5, 5.41) is 2.55. The van der Waals surface area contributed by atoms with Crippen LogP contribution in [0.3, 0.4) is 0 Å². The van der Waals surface area contributed by atoms with Gasteiger partial charge in [-0.3, -0.25) is 23.9 Å². The fourth-order valence-electron chi connectivity index (χ4n) is 2.61. The molecule has 3 aromatic rings. The zero-order valence-electron chi connectivity index (χ0n) is 14.8. The van der Waals surface area contributed by atoms with Gasteiger partial charge in [-0.25, -0.2) is 9.37 Å². The zero-order valence-corrected chi connectivity index (χ0v) is 14.8. The number of benzene rings is 2. The van der Waals surface area contributed by atoms with Crippen molar-refractivity contribution in [3.63, 3.8) is 0 Å². The van der Waals surface area contributed by atoms with Gasteiger partial charge in [-0.05, 0) is 30.3 Å². The fraction of sp³-hybridized carbons (Fsp3) is 0.158. The van der Waals surface area contributed by atoms with E-state index >= 15 is 0 Å². The largest absolute Gasteiger partial charge is 0.324 e. The van der Waals surface area contributed by atoms with Crippen molar-refractivity contribution >= 4 is 34.4 Å². The molecule has 0 spiro atoms. The first-order valence-corrected chi connectivity index (χ1v) is 8.16. The minimum Gasteiger partial charge on any atom is -0.324 e. The van der Waals surface area contributed by atoms with Gasteiger partial charge in [0.25, 0.3) is 5.56 Å². The van der Waals surface area contributed by atoms with Gasteiger partial charge in [-0.15, -0.1) is 0 Å². The van der Waals surface area contributed by atoms with Crippen LogP contribution < -0.4 is 15.8 Å². The number of amides is 2. The first-order chi connectivity index (χ1) is 12.9. The fourth-order valence-corrected chi connectivity index (χ4v) is 2.61. The molecule has 0 unspecified atom stereocenters. The molecule has 1 N–H and O–H groups in total. The van der Waals surface area contributed by atoms with Crippen LogP contribution in [0.15, 0.2) is 53.3 Å². The Balaban J connectivity index is 2.02. The number of rotatable bonds is 4. The van der Waals surface area contributed by atoms with Gasteiger partial charge in [0.15, 0.2) is 0 Å². The summed E-state index contributed by atoms with van der Waals surface area (Å²) in [6, 6.07) is 12.3. The van der Waals surface area contributed by atoms with Gasteiger partial charge in [0.1, 0.15) is 12.4 Å². The first kappa shape index (κ1) is 18.2. The second-order valence-electron chi connectivity index (χ2n) is 5.95. The van der Waals surface area contributed by atoms with Crippen LogP contribution in [0.5, 0.6) is 0 Å². The van der Waals surface area contributed by atoms with Crippen LogP contribution in [-0.4, -0.2) is 28.4 Å². The summed E-state index contributed by atoms with van der Waals surface area (Å²) in [5.41, 5.74) is 0.643. The maximum atomic E-state index is 13.3. The van der Waals surface area contributed by atoms with Crippen molar-refractivity contribution < 1.29 is 14.0 Å². The molecule has 7 nitrogen and oxygen atoms in total. The quantitative estimate of drug-likeness (QED) is 0.765. The number of nitrogens with zero attached hydrogens (tertiary/aromatic N) is 3. The third kappa shape index (κ3) is 3.84. The van der Waals surface area contributed by atoms with E-state index in [-0.39, 0.29) is 24.0 Å². The average molecular weight is 368 g/mol. The van der Waals surface area contributed by atoms with Crippen LogP contribution in [0.1, 0.15) is 6.92 Å². The Kier molecular flexibility index (Phi) is 4.98. The molecule has 1 aromatic heterocycles. The molecule has 1 heterocycles. The SMILES string of the molecule is CC(=O)N(C)c1nc2ccccc2n(CC(=O)Nc2cccc(F)c2)c1=O. The highest BCUT2D eigenvalue weighted by molar-refractivity contribution is 5.93. The number of fused-ring (bicyclic) bond motifs is 1. The highest BCUT2D eigenvalue weighted by Crippen LogP contribution is 2.15. The summed E-state index contributed by atoms with van der Waals surface area (Å²) in [4.78, 5) is 42.3.